The molecule has 134 valence electrons. The minimum absolute atomic E-state index is 0. The molecule has 24 heavy (non-hydrogen) atoms. The van der Waals surface area contributed by atoms with Gasteiger partial charge in [0.15, 0.2) is 0 Å². The topological polar surface area (TPSA) is 75.4 Å². The first-order valence-corrected chi connectivity index (χ1v) is 8.68. The molecule has 1 saturated heterocycles. The fourth-order valence-electron chi connectivity index (χ4n) is 2.95. The second kappa shape index (κ2) is 8.83. The fraction of sp³-hybridized carbons (Fsp3) is 0.529. The van der Waals surface area contributed by atoms with Gasteiger partial charge in [-0.05, 0) is 43.4 Å². The van der Waals surface area contributed by atoms with Crippen molar-refractivity contribution in [1.82, 2.24) is 10.2 Å². The molecular formula is C17H25BrClN3O2. The molecule has 2 amide bonds. The third-order valence-corrected chi connectivity index (χ3v) is 4.86. The molecule has 0 aromatic heterocycles. The van der Waals surface area contributed by atoms with Crippen LogP contribution in [0.4, 0.5) is 0 Å². The van der Waals surface area contributed by atoms with Crippen molar-refractivity contribution >= 4 is 40.2 Å². The molecule has 7 heteroatoms. The van der Waals surface area contributed by atoms with Crippen molar-refractivity contribution in [3.8, 4) is 0 Å². The lowest BCUT2D eigenvalue weighted by Crippen LogP contribution is -2.54. The Hall–Kier alpha value is -1.11. The summed E-state index contributed by atoms with van der Waals surface area (Å²) in [4.78, 5) is 25.8. The zero-order valence-electron chi connectivity index (χ0n) is 14.0. The van der Waals surface area contributed by atoms with Crippen LogP contribution in [-0.4, -0.2) is 36.3 Å². The highest BCUT2D eigenvalue weighted by atomic mass is 79.9. The molecule has 1 heterocycles. The largest absolute Gasteiger partial charge is 0.356 e. The van der Waals surface area contributed by atoms with Gasteiger partial charge in [0.2, 0.25) is 11.8 Å². The summed E-state index contributed by atoms with van der Waals surface area (Å²) in [6.07, 6.45) is 1.95. The van der Waals surface area contributed by atoms with Crippen LogP contribution in [0.1, 0.15) is 32.3 Å². The summed E-state index contributed by atoms with van der Waals surface area (Å²) in [7, 11) is 0. The summed E-state index contributed by atoms with van der Waals surface area (Å²) < 4.78 is 0.956. The van der Waals surface area contributed by atoms with E-state index in [-0.39, 0.29) is 30.1 Å². The lowest BCUT2D eigenvalue weighted by atomic mass is 9.89. The first-order chi connectivity index (χ1) is 10.8. The van der Waals surface area contributed by atoms with Crippen molar-refractivity contribution < 1.29 is 9.59 Å². The summed E-state index contributed by atoms with van der Waals surface area (Å²) in [5, 5.41) is 2.84. The van der Waals surface area contributed by atoms with Crippen molar-refractivity contribution in [2.75, 3.05) is 19.6 Å². The van der Waals surface area contributed by atoms with Crippen LogP contribution in [0.3, 0.4) is 0 Å². The molecule has 3 N–H and O–H groups in total. The van der Waals surface area contributed by atoms with E-state index in [4.69, 9.17) is 5.73 Å². The molecule has 1 aromatic carbocycles. The highest BCUT2D eigenvalue weighted by Gasteiger charge is 2.36. The van der Waals surface area contributed by atoms with Gasteiger partial charge in [-0.2, -0.15) is 0 Å². The molecule has 5 nitrogen and oxygen atoms in total. The summed E-state index contributed by atoms with van der Waals surface area (Å²) in [6.45, 7) is 5.24. The van der Waals surface area contributed by atoms with Gasteiger partial charge in [-0.3, -0.25) is 9.59 Å². The third kappa shape index (κ3) is 5.19. The van der Waals surface area contributed by atoms with Crippen LogP contribution in [0, 0.1) is 5.92 Å². The molecular weight excluding hydrogens is 394 g/mol. The van der Waals surface area contributed by atoms with E-state index in [9.17, 15) is 9.59 Å². The lowest BCUT2D eigenvalue weighted by molar-refractivity contribution is -0.138. The van der Waals surface area contributed by atoms with Gasteiger partial charge in [0.25, 0.3) is 0 Å². The maximum absolute atomic E-state index is 12.9. The molecule has 0 radical (unpaired) electrons. The minimum atomic E-state index is -1.05. The van der Waals surface area contributed by atoms with Crippen molar-refractivity contribution in [1.29, 1.82) is 0 Å². The number of halogens is 2. The van der Waals surface area contributed by atoms with Gasteiger partial charge in [0.05, 0.1) is 0 Å². The molecule has 0 saturated carbocycles. The Labute approximate surface area is 157 Å². The van der Waals surface area contributed by atoms with E-state index in [0.717, 1.165) is 29.4 Å². The number of nitrogens with one attached hydrogen (secondary N) is 1. The number of likely N-dealkylation sites (tertiary alicyclic amines) is 1. The number of hydrogen-bond acceptors (Lipinski definition) is 3. The third-order valence-electron chi connectivity index (χ3n) is 4.33. The van der Waals surface area contributed by atoms with Gasteiger partial charge in [-0.15, -0.1) is 12.4 Å². The van der Waals surface area contributed by atoms with Crippen molar-refractivity contribution in [2.45, 2.75) is 32.2 Å². The first kappa shape index (κ1) is 20.9. The number of nitrogens with two attached hydrogens (primary N) is 1. The van der Waals surface area contributed by atoms with Crippen LogP contribution >= 0.6 is 28.3 Å². The normalized spacial score (nSPS) is 19.8. The molecule has 2 atom stereocenters. The second-order valence-corrected chi connectivity index (χ2v) is 7.32. The van der Waals surface area contributed by atoms with E-state index >= 15 is 0 Å². The standard InChI is InChI=1S/C17H24BrN3O2.ClH/c1-12(22)20-10-13-4-3-9-21(11-13)16(23)17(2,19)14-5-7-15(18)8-6-14;/h5-8,13H,3-4,9-11,19H2,1-2H3,(H,20,22);1H. The number of carbonyl (C=O) groups excluding carboxylic acids is 2. The van der Waals surface area contributed by atoms with Gasteiger partial charge < -0.3 is 16.0 Å². The summed E-state index contributed by atoms with van der Waals surface area (Å²) in [6, 6.07) is 7.54. The van der Waals surface area contributed by atoms with Crippen LogP contribution in [-0.2, 0) is 15.1 Å². The number of piperidine rings is 1. The number of rotatable bonds is 4. The van der Waals surface area contributed by atoms with E-state index in [2.05, 4.69) is 21.2 Å². The van der Waals surface area contributed by atoms with E-state index in [0.29, 0.717) is 13.1 Å². The number of benzene rings is 1. The van der Waals surface area contributed by atoms with Gasteiger partial charge in [-0.1, -0.05) is 28.1 Å². The fourth-order valence-corrected chi connectivity index (χ4v) is 3.22. The van der Waals surface area contributed by atoms with Crippen LogP contribution in [0.2, 0.25) is 0 Å². The zero-order chi connectivity index (χ0) is 17.0. The first-order valence-electron chi connectivity index (χ1n) is 7.89. The molecule has 1 aromatic rings. The predicted octanol–water partition coefficient (Wildman–Crippen LogP) is 2.42. The SMILES string of the molecule is CC(=O)NCC1CCCN(C(=O)C(C)(N)c2ccc(Br)cc2)C1.Cl. The van der Waals surface area contributed by atoms with E-state index in [1.807, 2.05) is 29.2 Å². The molecule has 0 bridgehead atoms. The number of hydrogen-bond donors (Lipinski definition) is 2. The highest BCUT2D eigenvalue weighted by Crippen LogP contribution is 2.25. The zero-order valence-corrected chi connectivity index (χ0v) is 16.5. The number of amides is 2. The Morgan fingerprint density at radius 1 is 1.38 bits per heavy atom. The van der Waals surface area contributed by atoms with Crippen molar-refractivity contribution in [2.24, 2.45) is 11.7 Å². The summed E-state index contributed by atoms with van der Waals surface area (Å²) >= 11 is 3.39. The maximum atomic E-state index is 12.9. The van der Waals surface area contributed by atoms with Crippen LogP contribution in [0.5, 0.6) is 0 Å². The summed E-state index contributed by atoms with van der Waals surface area (Å²) in [5.41, 5.74) is 6.11. The maximum Gasteiger partial charge on any atom is 0.246 e. The number of nitrogens with zero attached hydrogens (tertiary/aromatic N) is 1. The molecule has 2 unspecified atom stereocenters. The molecule has 1 aliphatic heterocycles. The lowest BCUT2D eigenvalue weighted by Gasteiger charge is -2.37. The molecule has 1 aliphatic rings. The Morgan fingerprint density at radius 3 is 2.58 bits per heavy atom. The van der Waals surface area contributed by atoms with Crippen molar-refractivity contribution in [3.05, 3.63) is 34.3 Å². The molecule has 0 aliphatic carbocycles. The van der Waals surface area contributed by atoms with Crippen LogP contribution in [0.15, 0.2) is 28.7 Å². The van der Waals surface area contributed by atoms with Gasteiger partial charge in [0.1, 0.15) is 5.54 Å². The Balaban J connectivity index is 0.00000288. The van der Waals surface area contributed by atoms with E-state index in [1.165, 1.54) is 6.92 Å². The second-order valence-electron chi connectivity index (χ2n) is 6.41. The van der Waals surface area contributed by atoms with Crippen LogP contribution in [0.25, 0.3) is 0 Å². The molecule has 0 spiro atoms. The minimum Gasteiger partial charge on any atom is -0.356 e. The van der Waals surface area contributed by atoms with Crippen molar-refractivity contribution in [3.63, 3.8) is 0 Å². The average Bonchev–Trinajstić information content (AvgIpc) is 2.53. The molecule has 2 rings (SSSR count). The quantitative estimate of drug-likeness (QED) is 0.788. The van der Waals surface area contributed by atoms with Gasteiger partial charge >= 0.3 is 0 Å². The predicted molar refractivity (Wildman–Crippen MR) is 101 cm³/mol. The van der Waals surface area contributed by atoms with Crippen LogP contribution < -0.4 is 11.1 Å². The smallest absolute Gasteiger partial charge is 0.246 e. The van der Waals surface area contributed by atoms with E-state index in [1.54, 1.807) is 6.92 Å². The van der Waals surface area contributed by atoms with E-state index < -0.39 is 5.54 Å². The Bertz CT molecular complexity index is 578. The Kier molecular flexibility index (Phi) is 7.70. The average molecular weight is 419 g/mol. The Morgan fingerprint density at radius 2 is 2.00 bits per heavy atom. The summed E-state index contributed by atoms with van der Waals surface area (Å²) in [5.74, 6) is 0.191. The van der Waals surface area contributed by atoms with Gasteiger partial charge in [0, 0.05) is 31.0 Å². The number of carbonyl (C=O) groups is 2. The molecule has 1 fully saturated rings. The monoisotopic (exact) mass is 417 g/mol. The van der Waals surface area contributed by atoms with Gasteiger partial charge in [-0.25, -0.2) is 0 Å². The highest BCUT2D eigenvalue weighted by molar-refractivity contribution is 9.10.